The molecule has 3 N–H and O–H groups in total. The molecule has 0 spiro atoms. The Balaban J connectivity index is 3.10. The molecule has 0 atom stereocenters. The summed E-state index contributed by atoms with van der Waals surface area (Å²) in [5.41, 5.74) is 8.52. The molecule has 0 bridgehead atoms. The van der Waals surface area contributed by atoms with Crippen LogP contribution in [0, 0.1) is 0 Å². The van der Waals surface area contributed by atoms with Gasteiger partial charge in [0, 0.05) is 12.7 Å². The zero-order chi connectivity index (χ0) is 8.97. The molecule has 0 unspecified atom stereocenters. The van der Waals surface area contributed by atoms with Crippen LogP contribution in [0.2, 0.25) is 0 Å². The van der Waals surface area contributed by atoms with Crippen molar-refractivity contribution in [1.29, 1.82) is 0 Å². The van der Waals surface area contributed by atoms with Gasteiger partial charge in [-0.15, -0.1) is 0 Å². The van der Waals surface area contributed by atoms with Crippen molar-refractivity contribution in [1.82, 2.24) is 0 Å². The van der Waals surface area contributed by atoms with Crippen LogP contribution in [-0.4, -0.2) is 14.5 Å². The third-order valence-corrected chi connectivity index (χ3v) is 1.76. The summed E-state index contributed by atoms with van der Waals surface area (Å²) in [6.45, 7) is 3.71. The number of hydrogen-bond donors (Lipinski definition) is 2. The van der Waals surface area contributed by atoms with E-state index in [0.717, 1.165) is 16.7 Å². The first kappa shape index (κ1) is 8.88. The van der Waals surface area contributed by atoms with Crippen molar-refractivity contribution in [3.8, 4) is 0 Å². The predicted octanol–water partition coefficient (Wildman–Crippen LogP) is 0.575. The molecular formula is C9H12BN2. The summed E-state index contributed by atoms with van der Waals surface area (Å²) in [4.78, 5) is 0. The quantitative estimate of drug-likeness (QED) is 0.633. The van der Waals surface area contributed by atoms with E-state index in [-0.39, 0.29) is 0 Å². The van der Waals surface area contributed by atoms with Crippen LogP contribution in [0.15, 0.2) is 24.8 Å². The van der Waals surface area contributed by atoms with Crippen LogP contribution in [0.3, 0.4) is 0 Å². The molecule has 2 nitrogen and oxygen atoms in total. The van der Waals surface area contributed by atoms with Crippen molar-refractivity contribution in [2.24, 2.45) is 5.64 Å². The fourth-order valence-corrected chi connectivity index (χ4v) is 1.07. The summed E-state index contributed by atoms with van der Waals surface area (Å²) in [5, 5.41) is 3.07. The fourth-order valence-electron chi connectivity index (χ4n) is 1.07. The van der Waals surface area contributed by atoms with Gasteiger partial charge in [-0.1, -0.05) is 30.3 Å². The van der Waals surface area contributed by atoms with Gasteiger partial charge in [-0.05, 0) is 11.6 Å². The molecule has 0 amide bonds. The Kier molecular flexibility index (Phi) is 2.94. The van der Waals surface area contributed by atoms with Crippen LogP contribution in [0.25, 0.3) is 6.08 Å². The highest BCUT2D eigenvalue weighted by Crippen LogP contribution is 2.13. The van der Waals surface area contributed by atoms with E-state index in [0.29, 0.717) is 0 Å². The van der Waals surface area contributed by atoms with Gasteiger partial charge < -0.3 is 11.0 Å². The first-order chi connectivity index (χ1) is 5.81. The van der Waals surface area contributed by atoms with E-state index in [9.17, 15) is 0 Å². The van der Waals surface area contributed by atoms with E-state index in [2.05, 4.69) is 11.9 Å². The second-order valence-electron chi connectivity index (χ2n) is 2.47. The number of nitrogens with one attached hydrogen (secondary N) is 1. The molecule has 0 aliphatic rings. The van der Waals surface area contributed by atoms with E-state index in [4.69, 9.17) is 5.64 Å². The number of rotatable bonds is 3. The molecule has 0 saturated carbocycles. The van der Waals surface area contributed by atoms with Crippen LogP contribution < -0.4 is 16.4 Å². The predicted molar refractivity (Wildman–Crippen MR) is 55.7 cm³/mol. The third kappa shape index (κ3) is 1.68. The van der Waals surface area contributed by atoms with E-state index >= 15 is 0 Å². The average molecular weight is 159 g/mol. The molecule has 0 heterocycles. The van der Waals surface area contributed by atoms with Crippen molar-refractivity contribution >= 4 is 24.6 Å². The molecular weight excluding hydrogens is 147 g/mol. The summed E-state index contributed by atoms with van der Waals surface area (Å²) in [6, 6.07) is 5.92. The summed E-state index contributed by atoms with van der Waals surface area (Å²) < 4.78 is 0. The molecule has 1 rings (SSSR count). The van der Waals surface area contributed by atoms with Gasteiger partial charge in [-0.2, -0.15) is 0 Å². The van der Waals surface area contributed by atoms with Crippen LogP contribution >= 0.6 is 0 Å². The Morgan fingerprint density at radius 2 is 2.33 bits per heavy atom. The lowest BCUT2D eigenvalue weighted by atomic mass is 9.84. The summed E-state index contributed by atoms with van der Waals surface area (Å²) >= 11 is 0. The molecule has 0 aromatic heterocycles. The maximum Gasteiger partial charge on any atom is 0.241 e. The monoisotopic (exact) mass is 159 g/mol. The Morgan fingerprint density at radius 1 is 1.58 bits per heavy atom. The highest BCUT2D eigenvalue weighted by molar-refractivity contribution is 6.50. The van der Waals surface area contributed by atoms with Crippen LogP contribution in [-0.2, 0) is 0 Å². The van der Waals surface area contributed by atoms with Crippen molar-refractivity contribution < 1.29 is 0 Å². The minimum absolute atomic E-state index is 1.00. The van der Waals surface area contributed by atoms with Crippen molar-refractivity contribution in [3.05, 3.63) is 30.3 Å². The molecule has 3 heteroatoms. The zero-order valence-electron chi connectivity index (χ0n) is 7.17. The lowest BCUT2D eigenvalue weighted by molar-refractivity contribution is 1.51. The van der Waals surface area contributed by atoms with Gasteiger partial charge in [-0.3, -0.25) is 0 Å². The summed E-state index contributed by atoms with van der Waals surface area (Å²) in [6.07, 6.45) is 1.81. The van der Waals surface area contributed by atoms with Gasteiger partial charge in [-0.25, -0.2) is 0 Å². The maximum absolute atomic E-state index is 5.39. The van der Waals surface area contributed by atoms with Crippen molar-refractivity contribution in [2.45, 2.75) is 0 Å². The lowest BCUT2D eigenvalue weighted by Gasteiger charge is -2.06. The first-order valence-electron chi connectivity index (χ1n) is 3.81. The highest BCUT2D eigenvalue weighted by Gasteiger charge is 1.98. The Hall–Kier alpha value is -1.22. The lowest BCUT2D eigenvalue weighted by Crippen LogP contribution is -2.23. The van der Waals surface area contributed by atoms with Crippen LogP contribution in [0.5, 0.6) is 0 Å². The molecule has 61 valence electrons. The molecule has 12 heavy (non-hydrogen) atoms. The van der Waals surface area contributed by atoms with Gasteiger partial charge >= 0.3 is 0 Å². The van der Waals surface area contributed by atoms with Gasteiger partial charge in [0.1, 0.15) is 0 Å². The van der Waals surface area contributed by atoms with E-state index in [1.165, 1.54) is 0 Å². The number of nitrogens with two attached hydrogens (primary N) is 1. The molecule has 0 aliphatic heterocycles. The van der Waals surface area contributed by atoms with Gasteiger partial charge in [0.15, 0.2) is 0 Å². The minimum Gasteiger partial charge on any atom is -0.388 e. The first-order valence-corrected chi connectivity index (χ1v) is 3.81. The Labute approximate surface area is 73.7 Å². The topological polar surface area (TPSA) is 38.0 Å². The van der Waals surface area contributed by atoms with Crippen molar-refractivity contribution in [3.63, 3.8) is 0 Å². The van der Waals surface area contributed by atoms with E-state index in [1.54, 1.807) is 7.41 Å². The Morgan fingerprint density at radius 3 is 2.83 bits per heavy atom. The van der Waals surface area contributed by atoms with Crippen molar-refractivity contribution in [2.75, 3.05) is 12.4 Å². The second-order valence-corrected chi connectivity index (χ2v) is 2.47. The normalized spacial score (nSPS) is 9.17. The molecule has 0 fully saturated rings. The maximum atomic E-state index is 5.39. The average Bonchev–Trinajstić information content (AvgIpc) is 2.16. The molecule has 0 saturated heterocycles. The number of benzene rings is 1. The largest absolute Gasteiger partial charge is 0.388 e. The second kappa shape index (κ2) is 3.97. The van der Waals surface area contributed by atoms with Gasteiger partial charge in [0.2, 0.25) is 7.41 Å². The SMILES string of the molecule is C=Cc1ccc([B]N)cc1NC. The van der Waals surface area contributed by atoms with Crippen LogP contribution in [0.1, 0.15) is 5.56 Å². The molecule has 1 radical (unpaired) electrons. The van der Waals surface area contributed by atoms with Crippen LogP contribution in [0.4, 0.5) is 5.69 Å². The highest BCUT2D eigenvalue weighted by atomic mass is 14.8. The number of hydrogen-bond acceptors (Lipinski definition) is 2. The summed E-state index contributed by atoms with van der Waals surface area (Å²) in [5.74, 6) is 0. The molecule has 1 aromatic rings. The minimum atomic E-state index is 1.00. The summed E-state index contributed by atoms with van der Waals surface area (Å²) in [7, 11) is 3.45. The Bertz CT molecular complexity index is 284. The smallest absolute Gasteiger partial charge is 0.241 e. The fraction of sp³-hybridized carbons (Fsp3) is 0.111. The molecule has 0 aliphatic carbocycles. The zero-order valence-corrected chi connectivity index (χ0v) is 7.17. The van der Waals surface area contributed by atoms with Gasteiger partial charge in [0.05, 0.1) is 0 Å². The molecule has 1 aromatic carbocycles. The third-order valence-electron chi connectivity index (χ3n) is 1.76. The standard InChI is InChI=1S/C9H12BN2/c1-3-7-4-5-8(10-11)6-9(7)12-2/h3-6,12H,1,11H2,2H3. The van der Waals surface area contributed by atoms with E-state index < -0.39 is 0 Å². The van der Waals surface area contributed by atoms with Gasteiger partial charge in [0.25, 0.3) is 0 Å². The van der Waals surface area contributed by atoms with E-state index in [1.807, 2.05) is 31.3 Å². The number of anilines is 1.